The van der Waals surface area contributed by atoms with Crippen LogP contribution in [0.5, 0.6) is 0 Å². The third-order valence-electron chi connectivity index (χ3n) is 3.35. The summed E-state index contributed by atoms with van der Waals surface area (Å²) in [5.41, 5.74) is 2.04. The molecule has 0 N–H and O–H groups in total. The molecule has 1 aromatic carbocycles. The van der Waals surface area contributed by atoms with Crippen molar-refractivity contribution >= 4 is 11.0 Å². The first-order valence-corrected chi connectivity index (χ1v) is 6.52. The van der Waals surface area contributed by atoms with Crippen LogP contribution in [0, 0.1) is 0 Å². The third kappa shape index (κ3) is 2.33. The molecular weight excluding hydrogens is 210 g/mol. The zero-order chi connectivity index (χ0) is 12.3. The van der Waals surface area contributed by atoms with Gasteiger partial charge in [0.05, 0.1) is 5.54 Å². The van der Waals surface area contributed by atoms with Gasteiger partial charge >= 0.3 is 0 Å². The average Bonchev–Trinajstić information content (AvgIpc) is 2.74. The van der Waals surface area contributed by atoms with Crippen molar-refractivity contribution in [1.29, 1.82) is 0 Å². The maximum atomic E-state index is 4.63. The second-order valence-electron chi connectivity index (χ2n) is 4.98. The van der Waals surface area contributed by atoms with Gasteiger partial charge in [0.15, 0.2) is 0 Å². The fraction of sp³-hybridized carbons (Fsp3) is 0.571. The van der Waals surface area contributed by atoms with E-state index in [-0.39, 0.29) is 5.54 Å². The maximum Gasteiger partial charge on any atom is 0.113 e. The van der Waals surface area contributed by atoms with Gasteiger partial charge in [0.2, 0.25) is 0 Å². The molecule has 2 rings (SSSR count). The highest BCUT2D eigenvalue weighted by Gasteiger charge is 2.27. The van der Waals surface area contributed by atoms with Gasteiger partial charge in [0.25, 0.3) is 0 Å². The van der Waals surface area contributed by atoms with E-state index in [4.69, 9.17) is 0 Å². The van der Waals surface area contributed by atoms with Crippen LogP contribution < -0.4 is 0 Å². The number of nitrogens with zero attached hydrogens (tertiary/aromatic N) is 3. The van der Waals surface area contributed by atoms with Crippen LogP contribution in [-0.2, 0) is 5.54 Å². The van der Waals surface area contributed by atoms with Gasteiger partial charge in [-0.3, -0.25) is 0 Å². The summed E-state index contributed by atoms with van der Waals surface area (Å²) in [5, 5.41) is 9.26. The largest absolute Gasteiger partial charge is 0.178 e. The van der Waals surface area contributed by atoms with Crippen LogP contribution in [0.15, 0.2) is 24.3 Å². The minimum Gasteiger partial charge on any atom is -0.178 e. The zero-order valence-electron chi connectivity index (χ0n) is 11.0. The number of hydrogen-bond donors (Lipinski definition) is 0. The summed E-state index contributed by atoms with van der Waals surface area (Å²) in [6.45, 7) is 6.70. The summed E-state index contributed by atoms with van der Waals surface area (Å²) in [4.78, 5) is 1.94. The Morgan fingerprint density at radius 3 is 1.88 bits per heavy atom. The van der Waals surface area contributed by atoms with Gasteiger partial charge in [-0.1, -0.05) is 38.8 Å². The molecule has 2 aromatic rings. The van der Waals surface area contributed by atoms with Crippen LogP contribution in [0.4, 0.5) is 0 Å². The van der Waals surface area contributed by atoms with Crippen molar-refractivity contribution in [3.05, 3.63) is 24.3 Å². The molecule has 17 heavy (non-hydrogen) atoms. The second-order valence-corrected chi connectivity index (χ2v) is 4.98. The van der Waals surface area contributed by atoms with Crippen LogP contribution in [-0.4, -0.2) is 15.0 Å². The normalized spacial score (nSPS) is 12.2. The van der Waals surface area contributed by atoms with Gasteiger partial charge in [-0.2, -0.15) is 15.0 Å². The molecule has 0 saturated carbocycles. The molecule has 0 aliphatic heterocycles. The van der Waals surface area contributed by atoms with E-state index >= 15 is 0 Å². The van der Waals surface area contributed by atoms with Crippen molar-refractivity contribution in [3.8, 4) is 0 Å². The van der Waals surface area contributed by atoms with Gasteiger partial charge in [0.1, 0.15) is 11.0 Å². The summed E-state index contributed by atoms with van der Waals surface area (Å²) < 4.78 is 0. The number of aromatic nitrogens is 3. The molecule has 0 unspecified atom stereocenters. The highest BCUT2D eigenvalue weighted by atomic mass is 15.5. The molecule has 0 aliphatic carbocycles. The van der Waals surface area contributed by atoms with E-state index in [9.17, 15) is 0 Å². The van der Waals surface area contributed by atoms with E-state index in [0.29, 0.717) is 0 Å². The Kier molecular flexibility index (Phi) is 3.46. The molecule has 0 radical (unpaired) electrons. The minimum absolute atomic E-state index is 0.0581. The zero-order valence-corrected chi connectivity index (χ0v) is 11.0. The number of hydrogen-bond acceptors (Lipinski definition) is 2. The summed E-state index contributed by atoms with van der Waals surface area (Å²) >= 11 is 0. The lowest BCUT2D eigenvalue weighted by Crippen LogP contribution is -2.32. The minimum atomic E-state index is 0.0581. The van der Waals surface area contributed by atoms with Crippen LogP contribution in [0.3, 0.4) is 0 Å². The predicted octanol–water partition coefficient (Wildman–Crippen LogP) is 3.75. The molecule has 92 valence electrons. The van der Waals surface area contributed by atoms with Crippen molar-refractivity contribution in [2.75, 3.05) is 0 Å². The van der Waals surface area contributed by atoms with E-state index in [1.807, 2.05) is 29.1 Å². The SMILES string of the molecule is CCCC(C)(CCC)n1nc2ccccc2n1. The molecule has 0 bridgehead atoms. The molecule has 0 saturated heterocycles. The summed E-state index contributed by atoms with van der Waals surface area (Å²) in [6.07, 6.45) is 4.58. The molecule has 3 heteroatoms. The molecule has 1 aromatic heterocycles. The Labute approximate surface area is 103 Å². The Morgan fingerprint density at radius 1 is 1.00 bits per heavy atom. The van der Waals surface area contributed by atoms with E-state index in [0.717, 1.165) is 36.7 Å². The molecule has 1 heterocycles. The van der Waals surface area contributed by atoms with Crippen molar-refractivity contribution in [3.63, 3.8) is 0 Å². The number of benzene rings is 1. The molecular formula is C14H21N3. The molecule has 3 nitrogen and oxygen atoms in total. The van der Waals surface area contributed by atoms with Crippen molar-refractivity contribution < 1.29 is 0 Å². The Morgan fingerprint density at radius 2 is 1.47 bits per heavy atom. The monoisotopic (exact) mass is 231 g/mol. The number of fused-ring (bicyclic) bond motifs is 1. The molecule has 0 atom stereocenters. The highest BCUT2D eigenvalue weighted by Crippen LogP contribution is 2.27. The first-order valence-electron chi connectivity index (χ1n) is 6.52. The quantitative estimate of drug-likeness (QED) is 0.784. The standard InChI is InChI=1S/C14H21N3/c1-4-10-14(3,11-5-2)17-15-12-8-6-7-9-13(12)16-17/h6-9H,4-5,10-11H2,1-3H3. The van der Waals surface area contributed by atoms with Gasteiger partial charge in [-0.05, 0) is 31.9 Å². The van der Waals surface area contributed by atoms with Crippen molar-refractivity contribution in [1.82, 2.24) is 15.0 Å². The number of rotatable bonds is 5. The Hall–Kier alpha value is -1.38. The van der Waals surface area contributed by atoms with E-state index in [1.54, 1.807) is 0 Å². The Balaban J connectivity index is 2.41. The smallest absolute Gasteiger partial charge is 0.113 e. The summed E-state index contributed by atoms with van der Waals surface area (Å²) in [6, 6.07) is 8.07. The van der Waals surface area contributed by atoms with Gasteiger partial charge in [-0.25, -0.2) is 0 Å². The van der Waals surface area contributed by atoms with E-state index in [2.05, 4.69) is 31.0 Å². The second kappa shape index (κ2) is 4.86. The lowest BCUT2D eigenvalue weighted by Gasteiger charge is -2.27. The lowest BCUT2D eigenvalue weighted by molar-refractivity contribution is 0.213. The fourth-order valence-corrected chi connectivity index (χ4v) is 2.50. The van der Waals surface area contributed by atoms with E-state index < -0.39 is 0 Å². The van der Waals surface area contributed by atoms with Crippen LogP contribution in [0.25, 0.3) is 11.0 Å². The lowest BCUT2D eigenvalue weighted by atomic mass is 9.92. The highest BCUT2D eigenvalue weighted by molar-refractivity contribution is 5.73. The Bertz CT molecular complexity index is 448. The topological polar surface area (TPSA) is 30.7 Å². The molecule has 0 amide bonds. The van der Waals surface area contributed by atoms with Crippen molar-refractivity contribution in [2.45, 2.75) is 52.0 Å². The summed E-state index contributed by atoms with van der Waals surface area (Å²) in [7, 11) is 0. The van der Waals surface area contributed by atoms with Crippen molar-refractivity contribution in [2.24, 2.45) is 0 Å². The van der Waals surface area contributed by atoms with Crippen LogP contribution in [0.2, 0.25) is 0 Å². The maximum absolute atomic E-state index is 4.63. The van der Waals surface area contributed by atoms with Gasteiger partial charge in [-0.15, -0.1) is 0 Å². The summed E-state index contributed by atoms with van der Waals surface area (Å²) in [5.74, 6) is 0. The average molecular weight is 231 g/mol. The van der Waals surface area contributed by atoms with Gasteiger partial charge in [0, 0.05) is 0 Å². The fourth-order valence-electron chi connectivity index (χ4n) is 2.50. The molecule has 0 aliphatic rings. The molecule has 0 fully saturated rings. The van der Waals surface area contributed by atoms with E-state index in [1.165, 1.54) is 0 Å². The van der Waals surface area contributed by atoms with Crippen LogP contribution in [0.1, 0.15) is 46.5 Å². The predicted molar refractivity (Wildman–Crippen MR) is 71.0 cm³/mol. The molecule has 0 spiro atoms. The van der Waals surface area contributed by atoms with Gasteiger partial charge < -0.3 is 0 Å². The first kappa shape index (κ1) is 12.1. The first-order chi connectivity index (χ1) is 8.19. The third-order valence-corrected chi connectivity index (χ3v) is 3.35. The van der Waals surface area contributed by atoms with Crippen LogP contribution >= 0.6 is 0 Å².